The summed E-state index contributed by atoms with van der Waals surface area (Å²) in [6, 6.07) is 12.1. The van der Waals surface area contributed by atoms with E-state index in [4.69, 9.17) is 4.52 Å². The maximum absolute atomic E-state index is 5.34. The second-order valence-electron chi connectivity index (χ2n) is 4.15. The van der Waals surface area contributed by atoms with Gasteiger partial charge in [0, 0.05) is 16.5 Å². The summed E-state index contributed by atoms with van der Waals surface area (Å²) in [5.41, 5.74) is 4.83. The van der Waals surface area contributed by atoms with Gasteiger partial charge in [-0.2, -0.15) is 0 Å². The molecule has 2 aromatic heterocycles. The smallest absolute Gasteiger partial charge is 0.174 e. The van der Waals surface area contributed by atoms with Crippen molar-refractivity contribution < 1.29 is 4.52 Å². The van der Waals surface area contributed by atoms with Gasteiger partial charge in [0.2, 0.25) is 0 Å². The van der Waals surface area contributed by atoms with Gasteiger partial charge in [-0.05, 0) is 12.1 Å². The van der Waals surface area contributed by atoms with Crippen LogP contribution in [0.25, 0.3) is 33.1 Å². The van der Waals surface area contributed by atoms with E-state index in [1.54, 1.807) is 12.5 Å². The number of aromatic nitrogens is 3. The molecule has 0 aliphatic carbocycles. The molecular formula is C14H9N3O. The van der Waals surface area contributed by atoms with Crippen molar-refractivity contribution in [1.29, 1.82) is 0 Å². The van der Waals surface area contributed by atoms with Crippen molar-refractivity contribution in [2.24, 2.45) is 0 Å². The summed E-state index contributed by atoms with van der Waals surface area (Å²) in [5, 5.41) is 4.85. The van der Waals surface area contributed by atoms with E-state index in [0.717, 1.165) is 33.1 Å². The zero-order valence-electron chi connectivity index (χ0n) is 9.42. The monoisotopic (exact) mass is 235 g/mol. The second kappa shape index (κ2) is 3.43. The molecule has 0 aliphatic heterocycles. The van der Waals surface area contributed by atoms with E-state index < -0.39 is 0 Å². The molecule has 0 unspecified atom stereocenters. The van der Waals surface area contributed by atoms with Crippen LogP contribution in [0.5, 0.6) is 0 Å². The molecule has 1 N–H and O–H groups in total. The van der Waals surface area contributed by atoms with Crippen molar-refractivity contribution in [2.45, 2.75) is 0 Å². The third-order valence-electron chi connectivity index (χ3n) is 3.12. The Hall–Kier alpha value is -2.62. The van der Waals surface area contributed by atoms with Crippen LogP contribution in [0, 0.1) is 0 Å². The zero-order chi connectivity index (χ0) is 11.9. The van der Waals surface area contributed by atoms with Crippen molar-refractivity contribution in [2.75, 3.05) is 0 Å². The summed E-state index contributed by atoms with van der Waals surface area (Å²) < 4.78 is 5.34. The highest BCUT2D eigenvalue weighted by atomic mass is 16.5. The van der Waals surface area contributed by atoms with Crippen molar-refractivity contribution in [3.05, 3.63) is 48.9 Å². The lowest BCUT2D eigenvalue weighted by Gasteiger charge is -2.02. The lowest BCUT2D eigenvalue weighted by molar-refractivity contribution is 0.457. The van der Waals surface area contributed by atoms with E-state index in [-0.39, 0.29) is 0 Å². The van der Waals surface area contributed by atoms with Crippen LogP contribution in [0.1, 0.15) is 0 Å². The molecule has 4 heteroatoms. The molecule has 2 aromatic carbocycles. The summed E-state index contributed by atoms with van der Waals surface area (Å²) in [6.07, 6.45) is 3.43. The van der Waals surface area contributed by atoms with Crippen molar-refractivity contribution in [3.63, 3.8) is 0 Å². The van der Waals surface area contributed by atoms with E-state index in [1.807, 2.05) is 36.4 Å². The fourth-order valence-electron chi connectivity index (χ4n) is 2.29. The van der Waals surface area contributed by atoms with Crippen LogP contribution in [0.2, 0.25) is 0 Å². The van der Waals surface area contributed by atoms with Gasteiger partial charge >= 0.3 is 0 Å². The molecule has 0 fully saturated rings. The maximum atomic E-state index is 5.34. The SMILES string of the molecule is c1cc(-c2cccc3[nH]cnc23)c2oncc2c1. The Kier molecular flexibility index (Phi) is 1.80. The first kappa shape index (κ1) is 9.41. The summed E-state index contributed by atoms with van der Waals surface area (Å²) >= 11 is 0. The van der Waals surface area contributed by atoms with Crippen LogP contribution in [-0.2, 0) is 0 Å². The fraction of sp³-hybridized carbons (Fsp3) is 0. The molecular weight excluding hydrogens is 226 g/mol. The Balaban J connectivity index is 2.13. The summed E-state index contributed by atoms with van der Waals surface area (Å²) in [5.74, 6) is 0. The molecule has 0 spiro atoms. The molecule has 0 radical (unpaired) electrons. The van der Waals surface area contributed by atoms with Crippen LogP contribution >= 0.6 is 0 Å². The number of H-pyrrole nitrogens is 1. The number of nitrogens with one attached hydrogen (secondary N) is 1. The average molecular weight is 235 g/mol. The van der Waals surface area contributed by atoms with Crippen molar-refractivity contribution >= 4 is 22.0 Å². The van der Waals surface area contributed by atoms with Crippen LogP contribution in [0.15, 0.2) is 53.4 Å². The molecule has 0 amide bonds. The van der Waals surface area contributed by atoms with Gasteiger partial charge in [0.15, 0.2) is 5.58 Å². The number of imidazole rings is 1. The number of rotatable bonds is 1. The molecule has 18 heavy (non-hydrogen) atoms. The van der Waals surface area contributed by atoms with Crippen LogP contribution in [-0.4, -0.2) is 15.1 Å². The summed E-state index contributed by atoms with van der Waals surface area (Å²) in [7, 11) is 0. The van der Waals surface area contributed by atoms with Gasteiger partial charge in [-0.3, -0.25) is 0 Å². The number of hydrogen-bond donors (Lipinski definition) is 1. The predicted octanol–water partition coefficient (Wildman–Crippen LogP) is 3.37. The van der Waals surface area contributed by atoms with Crippen LogP contribution in [0.3, 0.4) is 0 Å². The van der Waals surface area contributed by atoms with E-state index in [2.05, 4.69) is 15.1 Å². The predicted molar refractivity (Wildman–Crippen MR) is 69.1 cm³/mol. The normalized spacial score (nSPS) is 11.3. The number of aromatic amines is 1. The molecule has 0 aliphatic rings. The van der Waals surface area contributed by atoms with E-state index in [0.29, 0.717) is 0 Å². The highest BCUT2D eigenvalue weighted by Crippen LogP contribution is 2.32. The number of para-hydroxylation sites is 2. The number of nitrogens with zero attached hydrogens (tertiary/aromatic N) is 2. The van der Waals surface area contributed by atoms with Gasteiger partial charge < -0.3 is 9.51 Å². The molecule has 4 aromatic rings. The van der Waals surface area contributed by atoms with E-state index in [1.165, 1.54) is 0 Å². The molecule has 0 saturated heterocycles. The molecule has 4 rings (SSSR count). The average Bonchev–Trinajstić information content (AvgIpc) is 3.06. The molecule has 2 heterocycles. The van der Waals surface area contributed by atoms with Crippen molar-refractivity contribution in [1.82, 2.24) is 15.1 Å². The lowest BCUT2D eigenvalue weighted by atomic mass is 10.0. The lowest BCUT2D eigenvalue weighted by Crippen LogP contribution is -1.81. The highest BCUT2D eigenvalue weighted by Gasteiger charge is 2.11. The van der Waals surface area contributed by atoms with Crippen molar-refractivity contribution in [3.8, 4) is 11.1 Å². The molecule has 86 valence electrons. The maximum Gasteiger partial charge on any atom is 0.174 e. The zero-order valence-corrected chi connectivity index (χ0v) is 9.42. The fourth-order valence-corrected chi connectivity index (χ4v) is 2.29. The standard InChI is InChI=1S/C14H9N3O/c1-3-9-7-17-18-14(9)11(5-1)10-4-2-6-12-13(10)16-8-15-12/h1-8H,(H,15,16). The Morgan fingerprint density at radius 3 is 2.89 bits per heavy atom. The Morgan fingerprint density at radius 2 is 1.89 bits per heavy atom. The Labute approximate surface area is 102 Å². The third kappa shape index (κ3) is 1.20. The minimum Gasteiger partial charge on any atom is -0.356 e. The quantitative estimate of drug-likeness (QED) is 0.550. The van der Waals surface area contributed by atoms with E-state index >= 15 is 0 Å². The largest absolute Gasteiger partial charge is 0.356 e. The van der Waals surface area contributed by atoms with Gasteiger partial charge in [0.05, 0.1) is 23.6 Å². The van der Waals surface area contributed by atoms with Gasteiger partial charge in [-0.15, -0.1) is 0 Å². The van der Waals surface area contributed by atoms with Gasteiger partial charge in [-0.25, -0.2) is 4.98 Å². The molecule has 0 bridgehead atoms. The summed E-state index contributed by atoms with van der Waals surface area (Å²) in [6.45, 7) is 0. The Bertz CT molecular complexity index is 772. The first-order valence-electron chi connectivity index (χ1n) is 5.69. The minimum absolute atomic E-state index is 0.799. The van der Waals surface area contributed by atoms with Gasteiger partial charge in [0.25, 0.3) is 0 Å². The number of fused-ring (bicyclic) bond motifs is 2. The second-order valence-corrected chi connectivity index (χ2v) is 4.15. The topological polar surface area (TPSA) is 54.7 Å². The third-order valence-corrected chi connectivity index (χ3v) is 3.12. The molecule has 4 nitrogen and oxygen atoms in total. The minimum atomic E-state index is 0.799. The Morgan fingerprint density at radius 1 is 1.00 bits per heavy atom. The van der Waals surface area contributed by atoms with Gasteiger partial charge in [0.1, 0.15) is 0 Å². The van der Waals surface area contributed by atoms with Crippen LogP contribution < -0.4 is 0 Å². The first-order chi connectivity index (χ1) is 8.93. The number of benzene rings is 2. The highest BCUT2D eigenvalue weighted by molar-refractivity contribution is 6.00. The van der Waals surface area contributed by atoms with E-state index in [9.17, 15) is 0 Å². The van der Waals surface area contributed by atoms with Crippen LogP contribution in [0.4, 0.5) is 0 Å². The first-order valence-corrected chi connectivity index (χ1v) is 5.69. The molecule has 0 saturated carbocycles. The summed E-state index contributed by atoms with van der Waals surface area (Å²) in [4.78, 5) is 7.48. The van der Waals surface area contributed by atoms with Gasteiger partial charge in [-0.1, -0.05) is 29.4 Å². The number of hydrogen-bond acceptors (Lipinski definition) is 3. The molecule has 0 atom stereocenters.